The summed E-state index contributed by atoms with van der Waals surface area (Å²) in [6.07, 6.45) is 4.22. The number of rotatable bonds is 3. The summed E-state index contributed by atoms with van der Waals surface area (Å²) in [4.78, 5) is 22.8. The first kappa shape index (κ1) is 23.7. The number of benzene rings is 2. The van der Waals surface area contributed by atoms with Gasteiger partial charge in [0.05, 0.1) is 40.6 Å². The van der Waals surface area contributed by atoms with Crippen molar-refractivity contribution in [3.8, 4) is 11.5 Å². The van der Waals surface area contributed by atoms with E-state index in [2.05, 4.69) is 11.0 Å². The highest BCUT2D eigenvalue weighted by Crippen LogP contribution is 2.69. The quantitative estimate of drug-likeness (QED) is 0.541. The van der Waals surface area contributed by atoms with Gasteiger partial charge in [-0.25, -0.2) is 4.98 Å². The Morgan fingerprint density at radius 2 is 2.03 bits per heavy atom. The zero-order chi connectivity index (χ0) is 26.8. The van der Waals surface area contributed by atoms with E-state index in [-0.39, 0.29) is 11.9 Å². The average Bonchev–Trinajstić information content (AvgIpc) is 3.64. The number of aliphatic hydroxyl groups is 1. The number of hydrogen-bond donors (Lipinski definition) is 1. The highest BCUT2D eigenvalue weighted by atomic mass is 16.5. The van der Waals surface area contributed by atoms with Gasteiger partial charge in [-0.05, 0) is 61.9 Å². The molecule has 2 fully saturated rings. The first-order valence-corrected chi connectivity index (χ1v) is 14.5. The van der Waals surface area contributed by atoms with Gasteiger partial charge in [-0.3, -0.25) is 9.69 Å². The van der Waals surface area contributed by atoms with Crippen LogP contribution in [0.4, 0.5) is 5.69 Å². The van der Waals surface area contributed by atoms with Gasteiger partial charge in [0.15, 0.2) is 17.6 Å². The third-order valence-corrected chi connectivity index (χ3v) is 10.4. The van der Waals surface area contributed by atoms with Crippen molar-refractivity contribution >= 4 is 22.5 Å². The van der Waals surface area contributed by atoms with Gasteiger partial charge < -0.3 is 19.5 Å². The highest BCUT2D eigenvalue weighted by Gasteiger charge is 2.73. The molecule has 1 aromatic heterocycles. The van der Waals surface area contributed by atoms with Crippen molar-refractivity contribution in [1.82, 2.24) is 9.88 Å². The third kappa shape index (κ3) is 2.66. The normalized spacial score (nSPS) is 30.9. The van der Waals surface area contributed by atoms with Crippen molar-refractivity contribution in [3.63, 3.8) is 0 Å². The lowest BCUT2D eigenvalue weighted by Crippen LogP contribution is -2.74. The molecule has 6 aliphatic rings. The lowest BCUT2D eigenvalue weighted by molar-refractivity contribution is -0.173. The maximum Gasteiger partial charge on any atom is 0.258 e. The van der Waals surface area contributed by atoms with Gasteiger partial charge in [-0.2, -0.15) is 0 Å². The number of pyridine rings is 1. The highest BCUT2D eigenvalue weighted by molar-refractivity contribution is 6.25. The molecule has 0 radical (unpaired) electrons. The molecule has 202 valence electrons. The minimum atomic E-state index is -1.03. The predicted molar refractivity (Wildman–Crippen MR) is 149 cm³/mol. The zero-order valence-electron chi connectivity index (χ0n) is 23.1. The topological polar surface area (TPSA) is 75.1 Å². The molecule has 1 amide bonds. The Morgan fingerprint density at radius 3 is 2.79 bits per heavy atom. The first-order chi connectivity index (χ1) is 19.0. The maximum atomic E-state index is 13.2. The van der Waals surface area contributed by atoms with Crippen LogP contribution in [0.15, 0.2) is 30.3 Å². The average molecular weight is 526 g/mol. The molecule has 7 heteroatoms. The first-order valence-electron chi connectivity index (χ1n) is 14.5. The van der Waals surface area contributed by atoms with Gasteiger partial charge in [-0.1, -0.05) is 26.0 Å². The number of amides is 1. The second kappa shape index (κ2) is 7.73. The molecule has 4 atom stereocenters. The van der Waals surface area contributed by atoms with Crippen LogP contribution in [0.1, 0.15) is 72.0 Å². The van der Waals surface area contributed by atoms with Gasteiger partial charge in [0.2, 0.25) is 0 Å². The maximum absolute atomic E-state index is 13.2. The molecule has 2 unspecified atom stereocenters. The van der Waals surface area contributed by atoms with E-state index >= 15 is 0 Å². The Balaban J connectivity index is 0.00000115. The molecule has 2 bridgehead atoms. The van der Waals surface area contributed by atoms with Crippen molar-refractivity contribution in [1.29, 1.82) is 0 Å². The largest absolute Gasteiger partial charge is 0.493 e. The Morgan fingerprint density at radius 1 is 1.21 bits per heavy atom. The summed E-state index contributed by atoms with van der Waals surface area (Å²) in [6, 6.07) is 9.97. The molecule has 3 aliphatic heterocycles. The van der Waals surface area contributed by atoms with Crippen LogP contribution in [-0.2, 0) is 18.3 Å². The van der Waals surface area contributed by atoms with E-state index in [0.717, 1.165) is 71.0 Å². The fourth-order valence-corrected chi connectivity index (χ4v) is 8.65. The number of carbonyl (C=O) groups excluding carboxylic acids is 1. The summed E-state index contributed by atoms with van der Waals surface area (Å²) in [7, 11) is 3.53. The third-order valence-electron chi connectivity index (χ3n) is 10.4. The van der Waals surface area contributed by atoms with Gasteiger partial charge >= 0.3 is 0 Å². The van der Waals surface area contributed by atoms with Crippen LogP contribution < -0.4 is 14.4 Å². The number of carbonyl (C=O) groups is 1. The molecule has 1 saturated heterocycles. The van der Waals surface area contributed by atoms with Crippen LogP contribution in [0.5, 0.6) is 11.5 Å². The monoisotopic (exact) mass is 525 g/mol. The lowest BCUT2D eigenvalue weighted by Gasteiger charge is -2.63. The number of aromatic nitrogens is 1. The summed E-state index contributed by atoms with van der Waals surface area (Å²) in [5, 5.41) is 14.0. The number of likely N-dealkylation sites (tertiary alicyclic amines) is 1. The summed E-state index contributed by atoms with van der Waals surface area (Å²) in [5.74, 6) is 2.21. The van der Waals surface area contributed by atoms with Crippen molar-refractivity contribution in [3.05, 3.63) is 58.3 Å². The second-order valence-electron chi connectivity index (χ2n) is 12.0. The van der Waals surface area contributed by atoms with Crippen molar-refractivity contribution in [2.24, 2.45) is 5.92 Å². The van der Waals surface area contributed by atoms with Crippen LogP contribution >= 0.6 is 0 Å². The van der Waals surface area contributed by atoms with Crippen LogP contribution in [0.25, 0.3) is 10.9 Å². The number of nitrogens with zero attached hydrogens (tertiary/aromatic N) is 3. The minimum Gasteiger partial charge on any atom is -0.493 e. The van der Waals surface area contributed by atoms with E-state index in [0.29, 0.717) is 17.7 Å². The predicted octanol–water partition coefficient (Wildman–Crippen LogP) is 4.56. The van der Waals surface area contributed by atoms with Gasteiger partial charge in [-0.15, -0.1) is 0 Å². The molecule has 7 nitrogen and oxygen atoms in total. The van der Waals surface area contributed by atoms with Gasteiger partial charge in [0, 0.05) is 42.6 Å². The fourth-order valence-electron chi connectivity index (χ4n) is 8.65. The van der Waals surface area contributed by atoms with Gasteiger partial charge in [0.25, 0.3) is 5.91 Å². The molecule has 3 aliphatic carbocycles. The Hall–Kier alpha value is -3.16. The van der Waals surface area contributed by atoms with E-state index < -0.39 is 17.1 Å². The molecular weight excluding hydrogens is 490 g/mol. The van der Waals surface area contributed by atoms with Crippen LogP contribution in [-0.4, -0.2) is 59.8 Å². The molecule has 39 heavy (non-hydrogen) atoms. The number of anilines is 1. The van der Waals surface area contributed by atoms with Crippen LogP contribution in [0, 0.1) is 5.92 Å². The Bertz CT molecular complexity index is 1580. The Labute approximate surface area is 228 Å². The molecule has 3 aromatic rings. The molecule has 1 N–H and O–H groups in total. The van der Waals surface area contributed by atoms with E-state index in [1.807, 2.05) is 45.2 Å². The van der Waals surface area contributed by atoms with E-state index in [9.17, 15) is 9.90 Å². The molecular formula is C32H35N3O4. The minimum absolute atomic E-state index is 0.00602. The van der Waals surface area contributed by atoms with E-state index in [1.165, 1.54) is 18.4 Å². The standard InChI is InChI=1S/C30H29N3O4.C2H6/c1-32-25-18-13-30(35)21-12-16-8-9-20(36-2)26-23(16)29(30,10-11-33(21)14-15-6-7-15)27(37-26)24(18)31-19-5-3-4-17(22(19)25)28(32)34;1-2/h3-5,8-9,15,21,27,35H,6-7,10-14H2,1-2H3;1-2H3/t21-,27?,29+,30?;/m1./s1. The second-order valence-corrected chi connectivity index (χ2v) is 12.0. The number of hydrogen-bond acceptors (Lipinski definition) is 6. The lowest BCUT2D eigenvalue weighted by atomic mass is 9.48. The van der Waals surface area contributed by atoms with E-state index in [4.69, 9.17) is 14.5 Å². The molecule has 1 spiro atoms. The molecule has 2 aromatic carbocycles. The molecule has 9 rings (SSSR count). The molecule has 1 saturated carbocycles. The number of ether oxygens (including phenoxy) is 2. The Kier molecular flexibility index (Phi) is 4.70. The number of methoxy groups -OCH3 is 1. The number of piperidine rings is 1. The fraction of sp³-hybridized carbons (Fsp3) is 0.500. The van der Waals surface area contributed by atoms with Crippen molar-refractivity contribution < 1.29 is 19.4 Å². The summed E-state index contributed by atoms with van der Waals surface area (Å²) < 4.78 is 12.7. The van der Waals surface area contributed by atoms with Gasteiger partial charge in [0.1, 0.15) is 0 Å². The molecule has 4 heterocycles. The zero-order valence-corrected chi connectivity index (χ0v) is 23.1. The smallest absolute Gasteiger partial charge is 0.258 e. The SMILES string of the molecule is CC.COc1ccc2c3c1OC1c4nc5cccc6c5c(c4CC4(O)[C@@H](C2)N(CC2CC2)CC[C@]314)N(C)C6=O. The number of fused-ring (bicyclic) bond motifs is 3. The van der Waals surface area contributed by atoms with Crippen molar-refractivity contribution in [2.75, 3.05) is 32.1 Å². The summed E-state index contributed by atoms with van der Waals surface area (Å²) >= 11 is 0. The summed E-state index contributed by atoms with van der Waals surface area (Å²) in [6.45, 7) is 5.99. The van der Waals surface area contributed by atoms with E-state index in [1.54, 1.807) is 12.0 Å². The summed E-state index contributed by atoms with van der Waals surface area (Å²) in [5.41, 5.74) is 5.00. The van der Waals surface area contributed by atoms with Crippen LogP contribution in [0.2, 0.25) is 0 Å². The van der Waals surface area contributed by atoms with Crippen LogP contribution in [0.3, 0.4) is 0 Å². The van der Waals surface area contributed by atoms with Crippen molar-refractivity contribution in [2.45, 2.75) is 69.1 Å².